The highest BCUT2D eigenvalue weighted by atomic mass is 32.1. The van der Waals surface area contributed by atoms with Crippen LogP contribution in [0.2, 0.25) is 0 Å². The molecule has 2 heterocycles. The van der Waals surface area contributed by atoms with Crippen LogP contribution in [0.25, 0.3) is 0 Å². The smallest absolute Gasteiger partial charge is 0.335 e. The van der Waals surface area contributed by atoms with Gasteiger partial charge >= 0.3 is 5.97 Å². The van der Waals surface area contributed by atoms with Gasteiger partial charge in [-0.2, -0.15) is 0 Å². The third-order valence-electron chi connectivity index (χ3n) is 4.22. The van der Waals surface area contributed by atoms with E-state index in [-0.39, 0.29) is 11.9 Å². The number of hydrogen-bond donors (Lipinski definition) is 1. The summed E-state index contributed by atoms with van der Waals surface area (Å²) in [7, 11) is 0. The van der Waals surface area contributed by atoms with Gasteiger partial charge in [0.1, 0.15) is 5.60 Å². The number of carbonyl (C=O) groups excluding carboxylic acids is 2. The summed E-state index contributed by atoms with van der Waals surface area (Å²) in [5, 5.41) is 5.13. The molecule has 2 aliphatic rings. The lowest BCUT2D eigenvalue weighted by molar-refractivity contribution is -0.148. The average Bonchev–Trinajstić information content (AvgIpc) is 2.94. The van der Waals surface area contributed by atoms with Crippen molar-refractivity contribution in [2.45, 2.75) is 51.0 Å². The first-order chi connectivity index (χ1) is 10.1. The Balaban J connectivity index is 1.91. The van der Waals surface area contributed by atoms with Crippen LogP contribution in [0.5, 0.6) is 0 Å². The molecule has 0 atom stereocenters. The predicted octanol–water partition coefficient (Wildman–Crippen LogP) is 3.05. The topological polar surface area (TPSA) is 68.3 Å². The molecule has 0 bridgehead atoms. The fourth-order valence-electron chi connectivity index (χ4n) is 3.22. The van der Waals surface area contributed by atoms with Crippen molar-refractivity contribution in [1.82, 2.24) is 4.98 Å². The second-order valence-corrected chi connectivity index (χ2v) is 6.48. The SMILES string of the molecule is CC1=C(C(=O)Nc2nccs2)C2(CCCCCC2)OC1=O. The van der Waals surface area contributed by atoms with Gasteiger partial charge in [-0.1, -0.05) is 12.8 Å². The second kappa shape index (κ2) is 5.60. The molecule has 0 aromatic carbocycles. The molecule has 3 rings (SSSR count). The highest BCUT2D eigenvalue weighted by Gasteiger charge is 2.49. The number of hydrogen-bond acceptors (Lipinski definition) is 5. The minimum Gasteiger partial charge on any atom is -0.451 e. The molecule has 1 aliphatic carbocycles. The first-order valence-electron chi connectivity index (χ1n) is 7.28. The standard InChI is InChI=1S/C15H18N2O3S/c1-10-11(12(18)17-14-16-8-9-21-14)15(20-13(10)19)6-4-2-3-5-7-15/h8-9H,2-7H2,1H3,(H,16,17,18). The zero-order valence-electron chi connectivity index (χ0n) is 12.0. The first kappa shape index (κ1) is 14.3. The van der Waals surface area contributed by atoms with Crippen LogP contribution < -0.4 is 5.32 Å². The van der Waals surface area contributed by atoms with E-state index in [4.69, 9.17) is 4.74 Å². The molecule has 1 aliphatic heterocycles. The Kier molecular flexibility index (Phi) is 3.80. The summed E-state index contributed by atoms with van der Waals surface area (Å²) in [5.41, 5.74) is 0.217. The minimum atomic E-state index is -0.723. The number of esters is 1. The molecule has 1 N–H and O–H groups in total. The maximum Gasteiger partial charge on any atom is 0.335 e. The summed E-state index contributed by atoms with van der Waals surface area (Å²) >= 11 is 1.36. The highest BCUT2D eigenvalue weighted by molar-refractivity contribution is 7.13. The Morgan fingerprint density at radius 3 is 2.67 bits per heavy atom. The molecular weight excluding hydrogens is 288 g/mol. The maximum absolute atomic E-state index is 12.6. The van der Waals surface area contributed by atoms with Gasteiger partial charge in [-0.3, -0.25) is 10.1 Å². The van der Waals surface area contributed by atoms with Crippen LogP contribution in [0, 0.1) is 0 Å². The largest absolute Gasteiger partial charge is 0.451 e. The molecule has 5 nitrogen and oxygen atoms in total. The van der Waals surface area contributed by atoms with Crippen LogP contribution in [-0.4, -0.2) is 22.5 Å². The van der Waals surface area contributed by atoms with Crippen molar-refractivity contribution in [3.63, 3.8) is 0 Å². The van der Waals surface area contributed by atoms with Crippen LogP contribution in [0.3, 0.4) is 0 Å². The number of nitrogens with zero attached hydrogens (tertiary/aromatic N) is 1. The summed E-state index contributed by atoms with van der Waals surface area (Å²) in [5.74, 6) is -0.614. The summed E-state index contributed by atoms with van der Waals surface area (Å²) in [4.78, 5) is 28.7. The Labute approximate surface area is 127 Å². The van der Waals surface area contributed by atoms with Crippen molar-refractivity contribution in [2.75, 3.05) is 5.32 Å². The Bertz CT molecular complexity index is 584. The molecule has 1 spiro atoms. The van der Waals surface area contributed by atoms with Crippen LogP contribution in [0.1, 0.15) is 45.4 Å². The van der Waals surface area contributed by atoms with Crippen molar-refractivity contribution >= 4 is 28.3 Å². The highest BCUT2D eigenvalue weighted by Crippen LogP contribution is 2.43. The molecule has 1 aromatic rings. The summed E-state index contributed by atoms with van der Waals surface area (Å²) in [6.07, 6.45) is 7.31. The number of carbonyl (C=O) groups is 2. The fraction of sp³-hybridized carbons (Fsp3) is 0.533. The van der Waals surface area contributed by atoms with Gasteiger partial charge in [-0.25, -0.2) is 9.78 Å². The summed E-state index contributed by atoms with van der Waals surface area (Å²) in [6, 6.07) is 0. The Morgan fingerprint density at radius 1 is 1.33 bits per heavy atom. The maximum atomic E-state index is 12.6. The van der Waals surface area contributed by atoms with Gasteiger partial charge in [0.25, 0.3) is 5.91 Å². The third kappa shape index (κ3) is 2.60. The van der Waals surface area contributed by atoms with Gasteiger partial charge in [0, 0.05) is 17.2 Å². The fourth-order valence-corrected chi connectivity index (χ4v) is 3.75. The van der Waals surface area contributed by atoms with Gasteiger partial charge in [0.15, 0.2) is 5.13 Å². The molecular formula is C15H18N2O3S. The molecule has 1 saturated carbocycles. The quantitative estimate of drug-likeness (QED) is 0.853. The van der Waals surface area contributed by atoms with Crippen molar-refractivity contribution < 1.29 is 14.3 Å². The molecule has 1 aromatic heterocycles. The van der Waals surface area contributed by atoms with E-state index in [1.807, 2.05) is 0 Å². The van der Waals surface area contributed by atoms with E-state index in [9.17, 15) is 9.59 Å². The van der Waals surface area contributed by atoms with Crippen LogP contribution in [0.4, 0.5) is 5.13 Å². The second-order valence-electron chi connectivity index (χ2n) is 5.59. The normalized spacial score (nSPS) is 21.3. The lowest BCUT2D eigenvalue weighted by atomic mass is 9.85. The van der Waals surface area contributed by atoms with E-state index in [1.165, 1.54) is 11.3 Å². The van der Waals surface area contributed by atoms with Gasteiger partial charge in [-0.15, -0.1) is 11.3 Å². The number of rotatable bonds is 2. The molecule has 0 saturated heterocycles. The Hall–Kier alpha value is -1.69. The van der Waals surface area contributed by atoms with Crippen molar-refractivity contribution in [1.29, 1.82) is 0 Å². The van der Waals surface area contributed by atoms with Crippen LogP contribution >= 0.6 is 11.3 Å². The van der Waals surface area contributed by atoms with Crippen molar-refractivity contribution in [3.05, 3.63) is 22.7 Å². The zero-order valence-corrected chi connectivity index (χ0v) is 12.8. The number of nitrogens with one attached hydrogen (secondary N) is 1. The number of thiazole rings is 1. The molecule has 6 heteroatoms. The Morgan fingerprint density at radius 2 is 2.05 bits per heavy atom. The number of amides is 1. The number of anilines is 1. The summed E-state index contributed by atoms with van der Waals surface area (Å²) in [6.45, 7) is 1.68. The lowest BCUT2D eigenvalue weighted by Gasteiger charge is -2.29. The van der Waals surface area contributed by atoms with E-state index in [1.54, 1.807) is 18.5 Å². The van der Waals surface area contributed by atoms with Gasteiger partial charge in [-0.05, 0) is 32.6 Å². The lowest BCUT2D eigenvalue weighted by Crippen LogP contribution is -2.36. The molecule has 21 heavy (non-hydrogen) atoms. The molecule has 0 unspecified atom stereocenters. The van der Waals surface area contributed by atoms with E-state index < -0.39 is 5.60 Å². The first-order valence-corrected chi connectivity index (χ1v) is 8.16. The molecule has 1 fully saturated rings. The number of ether oxygens (including phenoxy) is 1. The summed E-state index contributed by atoms with van der Waals surface area (Å²) < 4.78 is 5.64. The van der Waals surface area contributed by atoms with E-state index in [2.05, 4.69) is 10.3 Å². The third-order valence-corrected chi connectivity index (χ3v) is 4.90. The van der Waals surface area contributed by atoms with Crippen LogP contribution in [0.15, 0.2) is 22.7 Å². The predicted molar refractivity (Wildman–Crippen MR) is 80.0 cm³/mol. The number of aromatic nitrogens is 1. The van der Waals surface area contributed by atoms with E-state index in [0.717, 1.165) is 38.5 Å². The van der Waals surface area contributed by atoms with Gasteiger partial charge in [0.2, 0.25) is 0 Å². The van der Waals surface area contributed by atoms with Gasteiger partial charge < -0.3 is 4.74 Å². The molecule has 112 valence electrons. The average molecular weight is 306 g/mol. The monoisotopic (exact) mass is 306 g/mol. The van der Waals surface area contributed by atoms with Crippen molar-refractivity contribution in [2.24, 2.45) is 0 Å². The van der Waals surface area contributed by atoms with E-state index in [0.29, 0.717) is 16.3 Å². The van der Waals surface area contributed by atoms with Crippen LogP contribution in [-0.2, 0) is 14.3 Å². The van der Waals surface area contributed by atoms with Gasteiger partial charge in [0.05, 0.1) is 5.57 Å². The molecule has 0 radical (unpaired) electrons. The minimum absolute atomic E-state index is 0.254. The van der Waals surface area contributed by atoms with E-state index >= 15 is 0 Å². The van der Waals surface area contributed by atoms with Crippen molar-refractivity contribution in [3.8, 4) is 0 Å². The zero-order chi connectivity index (χ0) is 14.9. The molecule has 1 amide bonds.